The number of carbonyl (C=O) groups excluding carboxylic acids is 3. The van der Waals surface area contributed by atoms with Crippen molar-refractivity contribution in [1.82, 2.24) is 20.7 Å². The largest absolute Gasteiger partial charge is 0.342 e. The number of halogens is 2. The third kappa shape index (κ3) is 5.55. The van der Waals surface area contributed by atoms with Gasteiger partial charge in [-0.15, -0.1) is 11.3 Å². The second kappa shape index (κ2) is 10.4. The van der Waals surface area contributed by atoms with Crippen LogP contribution in [0.2, 0.25) is 0 Å². The van der Waals surface area contributed by atoms with Crippen molar-refractivity contribution in [3.05, 3.63) is 51.5 Å². The first-order chi connectivity index (χ1) is 15.9. The first-order valence-corrected chi connectivity index (χ1v) is 12.1. The van der Waals surface area contributed by atoms with E-state index in [1.54, 1.807) is 5.38 Å². The second-order valence-electron chi connectivity index (χ2n) is 8.54. The van der Waals surface area contributed by atoms with Crippen LogP contribution >= 0.6 is 11.3 Å². The summed E-state index contributed by atoms with van der Waals surface area (Å²) in [7, 11) is 0. The predicted molar refractivity (Wildman–Crippen MR) is 119 cm³/mol. The number of benzene rings is 1. The van der Waals surface area contributed by atoms with E-state index in [1.165, 1.54) is 17.8 Å². The Kier molecular flexibility index (Phi) is 7.32. The summed E-state index contributed by atoms with van der Waals surface area (Å²) in [5, 5.41) is 2.43. The first-order valence-electron chi connectivity index (χ1n) is 11.2. The summed E-state index contributed by atoms with van der Waals surface area (Å²) < 4.78 is 26.7. The van der Waals surface area contributed by atoms with Crippen molar-refractivity contribution in [1.29, 1.82) is 0 Å². The van der Waals surface area contributed by atoms with Crippen molar-refractivity contribution in [2.45, 2.75) is 50.9 Å². The molecular formula is C23H26F2N4O3S. The van der Waals surface area contributed by atoms with Crippen molar-refractivity contribution < 1.29 is 23.2 Å². The Morgan fingerprint density at radius 1 is 0.970 bits per heavy atom. The maximum absolute atomic E-state index is 13.7. The highest BCUT2D eigenvalue weighted by atomic mass is 32.1. The van der Waals surface area contributed by atoms with Crippen LogP contribution in [0, 0.1) is 17.6 Å². The van der Waals surface area contributed by atoms with Gasteiger partial charge in [-0.2, -0.15) is 0 Å². The standard InChI is InChI=1S/C23H26F2N4O3S/c24-16-6-7-17(18(25)12-16)20(30)27-28-21(31)19-13-33-22(26-19)14-8-10-29(11-9-14)23(32)15-4-2-1-3-5-15/h6-7,12-15H,1-5,8-11H2,(H,27,30)(H,28,31). The van der Waals surface area contributed by atoms with Crippen molar-refractivity contribution in [3.8, 4) is 0 Å². The quantitative estimate of drug-likeness (QED) is 0.657. The van der Waals surface area contributed by atoms with Crippen LogP contribution in [-0.2, 0) is 4.79 Å². The fraction of sp³-hybridized carbons (Fsp3) is 0.478. The van der Waals surface area contributed by atoms with E-state index in [1.807, 2.05) is 4.90 Å². The first kappa shape index (κ1) is 23.3. The summed E-state index contributed by atoms with van der Waals surface area (Å²) in [5.74, 6) is -2.72. The lowest BCUT2D eigenvalue weighted by molar-refractivity contribution is -0.137. The maximum atomic E-state index is 13.7. The van der Waals surface area contributed by atoms with Crippen LogP contribution in [0.15, 0.2) is 23.6 Å². The Bertz CT molecular complexity index is 1030. The van der Waals surface area contributed by atoms with Crippen LogP contribution in [-0.4, -0.2) is 40.7 Å². The highest BCUT2D eigenvalue weighted by Gasteiger charge is 2.30. The average molecular weight is 477 g/mol. The normalized spacial score (nSPS) is 17.6. The zero-order valence-electron chi connectivity index (χ0n) is 18.1. The van der Waals surface area contributed by atoms with E-state index < -0.39 is 23.4 Å². The van der Waals surface area contributed by atoms with Gasteiger partial charge in [-0.25, -0.2) is 13.8 Å². The SMILES string of the molecule is O=C(NNC(=O)c1ccc(F)cc1F)c1csc(C2CCN(C(=O)C3CCCCC3)CC2)n1. The highest BCUT2D eigenvalue weighted by molar-refractivity contribution is 7.09. The second-order valence-corrected chi connectivity index (χ2v) is 9.43. The Labute approximate surface area is 194 Å². The number of aromatic nitrogens is 1. The van der Waals surface area contributed by atoms with Gasteiger partial charge in [0.2, 0.25) is 5.91 Å². The van der Waals surface area contributed by atoms with Crippen LogP contribution in [0.5, 0.6) is 0 Å². The predicted octanol–water partition coefficient (Wildman–Crippen LogP) is 3.78. The van der Waals surface area contributed by atoms with E-state index in [9.17, 15) is 23.2 Å². The third-order valence-electron chi connectivity index (χ3n) is 6.33. The molecule has 0 spiro atoms. The van der Waals surface area contributed by atoms with Gasteiger partial charge in [-0.3, -0.25) is 25.2 Å². The summed E-state index contributed by atoms with van der Waals surface area (Å²) in [6, 6.07) is 2.55. The van der Waals surface area contributed by atoms with Gasteiger partial charge in [0.05, 0.1) is 10.6 Å². The Balaban J connectivity index is 1.27. The summed E-state index contributed by atoms with van der Waals surface area (Å²) >= 11 is 1.37. The van der Waals surface area contributed by atoms with E-state index in [2.05, 4.69) is 15.8 Å². The molecule has 176 valence electrons. The van der Waals surface area contributed by atoms with Gasteiger partial charge in [0.1, 0.15) is 17.3 Å². The van der Waals surface area contributed by atoms with Crippen molar-refractivity contribution in [2.24, 2.45) is 5.92 Å². The van der Waals surface area contributed by atoms with Crippen LogP contribution in [0.25, 0.3) is 0 Å². The number of nitrogens with one attached hydrogen (secondary N) is 2. The van der Waals surface area contributed by atoms with Crippen LogP contribution in [0.3, 0.4) is 0 Å². The van der Waals surface area contributed by atoms with Gasteiger partial charge < -0.3 is 4.90 Å². The third-order valence-corrected chi connectivity index (χ3v) is 7.34. The molecule has 1 saturated heterocycles. The number of hydrogen-bond donors (Lipinski definition) is 2. The smallest absolute Gasteiger partial charge is 0.289 e. The van der Waals surface area contributed by atoms with Gasteiger partial charge in [0, 0.05) is 36.4 Å². The number of rotatable bonds is 4. The van der Waals surface area contributed by atoms with Crippen molar-refractivity contribution in [3.63, 3.8) is 0 Å². The number of piperidine rings is 1. The number of hydrogen-bond acceptors (Lipinski definition) is 5. The monoisotopic (exact) mass is 476 g/mol. The topological polar surface area (TPSA) is 91.4 Å². The van der Waals surface area contributed by atoms with Gasteiger partial charge in [-0.1, -0.05) is 19.3 Å². The van der Waals surface area contributed by atoms with Crippen LogP contribution in [0.4, 0.5) is 8.78 Å². The molecule has 1 aromatic heterocycles. The Hall–Kier alpha value is -2.88. The van der Waals surface area contributed by atoms with E-state index >= 15 is 0 Å². The summed E-state index contributed by atoms with van der Waals surface area (Å²) in [4.78, 5) is 43.5. The Morgan fingerprint density at radius 2 is 1.67 bits per heavy atom. The zero-order chi connectivity index (χ0) is 23.4. The number of nitrogens with zero attached hydrogens (tertiary/aromatic N) is 2. The van der Waals surface area contributed by atoms with Crippen LogP contribution in [0.1, 0.15) is 76.7 Å². The molecule has 2 aromatic rings. The molecule has 0 radical (unpaired) electrons. The van der Waals surface area contributed by atoms with Crippen molar-refractivity contribution >= 4 is 29.1 Å². The fourth-order valence-electron chi connectivity index (χ4n) is 4.45. The average Bonchev–Trinajstić information content (AvgIpc) is 3.33. The molecule has 1 aliphatic heterocycles. The molecule has 4 rings (SSSR count). The molecule has 2 aliphatic rings. The molecule has 33 heavy (non-hydrogen) atoms. The molecule has 2 heterocycles. The molecule has 1 aliphatic carbocycles. The minimum atomic E-state index is -1.02. The number of likely N-dealkylation sites (tertiary alicyclic amines) is 1. The number of hydrazine groups is 1. The number of thiazole rings is 1. The van der Waals surface area contributed by atoms with E-state index in [-0.39, 0.29) is 29.0 Å². The summed E-state index contributed by atoms with van der Waals surface area (Å²) in [5.41, 5.74) is 4.09. The lowest BCUT2D eigenvalue weighted by atomic mass is 9.87. The lowest BCUT2D eigenvalue weighted by Gasteiger charge is -2.34. The van der Waals surface area contributed by atoms with Crippen molar-refractivity contribution in [2.75, 3.05) is 13.1 Å². The minimum Gasteiger partial charge on any atom is -0.342 e. The van der Waals surface area contributed by atoms with Gasteiger partial charge in [0.15, 0.2) is 0 Å². The molecule has 0 unspecified atom stereocenters. The molecular weight excluding hydrogens is 450 g/mol. The molecule has 1 aromatic carbocycles. The molecule has 7 nitrogen and oxygen atoms in total. The molecule has 10 heteroatoms. The highest BCUT2D eigenvalue weighted by Crippen LogP contribution is 2.32. The molecule has 1 saturated carbocycles. The molecule has 0 bridgehead atoms. The van der Waals surface area contributed by atoms with Gasteiger partial charge in [-0.05, 0) is 37.8 Å². The molecule has 3 amide bonds. The molecule has 2 fully saturated rings. The fourth-order valence-corrected chi connectivity index (χ4v) is 5.42. The van der Waals surface area contributed by atoms with E-state index in [0.29, 0.717) is 19.2 Å². The summed E-state index contributed by atoms with van der Waals surface area (Å²) in [6.45, 7) is 1.39. The van der Waals surface area contributed by atoms with Crippen LogP contribution < -0.4 is 10.9 Å². The molecule has 2 N–H and O–H groups in total. The molecule has 0 atom stereocenters. The van der Waals surface area contributed by atoms with Gasteiger partial charge >= 0.3 is 0 Å². The van der Waals surface area contributed by atoms with Gasteiger partial charge in [0.25, 0.3) is 11.8 Å². The summed E-state index contributed by atoms with van der Waals surface area (Å²) in [6.07, 6.45) is 7.08. The Morgan fingerprint density at radius 3 is 2.36 bits per heavy atom. The minimum absolute atomic E-state index is 0.149. The lowest BCUT2D eigenvalue weighted by Crippen LogP contribution is -2.42. The number of amides is 3. The maximum Gasteiger partial charge on any atom is 0.289 e. The van der Waals surface area contributed by atoms with E-state index in [0.717, 1.165) is 55.7 Å². The zero-order valence-corrected chi connectivity index (χ0v) is 18.9. The van der Waals surface area contributed by atoms with E-state index in [4.69, 9.17) is 0 Å². The number of carbonyl (C=O) groups is 3.